The summed E-state index contributed by atoms with van der Waals surface area (Å²) >= 11 is 6.09. The Morgan fingerprint density at radius 2 is 1.69 bits per heavy atom. The van der Waals surface area contributed by atoms with Gasteiger partial charge in [0.1, 0.15) is 0 Å². The maximum atomic E-state index is 12.6. The molecule has 1 aliphatic rings. The molecule has 3 aromatic rings. The number of benzene rings is 2. The van der Waals surface area contributed by atoms with E-state index in [0.29, 0.717) is 49.7 Å². The molecule has 166 valence electrons. The summed E-state index contributed by atoms with van der Waals surface area (Å²) in [5.41, 5.74) is 2.65. The number of para-hydroxylation sites is 2. The standard InChI is InChI=1S/C24H26ClN5O2/c25-21-8-4-5-9-22(21)27-23(31)18-28-12-14-29(15-13-28)24(32)11-10-19-16-26-30(17-19)20-6-2-1-3-7-20/h1-9,16-17H,10-15,18H2,(H,27,31). The van der Waals surface area contributed by atoms with Crippen molar-refractivity contribution in [1.82, 2.24) is 19.6 Å². The first-order valence-electron chi connectivity index (χ1n) is 10.7. The number of rotatable bonds is 7. The Morgan fingerprint density at radius 3 is 2.44 bits per heavy atom. The normalized spacial score (nSPS) is 14.3. The molecule has 0 radical (unpaired) electrons. The molecular formula is C24H26ClN5O2. The number of piperazine rings is 1. The fourth-order valence-electron chi connectivity index (χ4n) is 3.73. The second-order valence-electron chi connectivity index (χ2n) is 7.81. The number of aromatic nitrogens is 2. The van der Waals surface area contributed by atoms with E-state index < -0.39 is 0 Å². The van der Waals surface area contributed by atoms with Gasteiger partial charge in [0.2, 0.25) is 11.8 Å². The van der Waals surface area contributed by atoms with Crippen LogP contribution in [0.25, 0.3) is 5.69 Å². The van der Waals surface area contributed by atoms with Gasteiger partial charge >= 0.3 is 0 Å². The summed E-state index contributed by atoms with van der Waals surface area (Å²) in [4.78, 5) is 28.9. The molecule has 1 aromatic heterocycles. The number of carbonyl (C=O) groups excluding carboxylic acids is 2. The molecule has 2 amide bonds. The molecule has 0 unspecified atom stereocenters. The van der Waals surface area contributed by atoms with E-state index >= 15 is 0 Å². The summed E-state index contributed by atoms with van der Waals surface area (Å²) in [5.74, 6) is 0.0333. The molecule has 0 spiro atoms. The topological polar surface area (TPSA) is 70.5 Å². The Balaban J connectivity index is 1.20. The van der Waals surface area contributed by atoms with Crippen LogP contribution in [0, 0.1) is 0 Å². The molecule has 0 atom stereocenters. The van der Waals surface area contributed by atoms with Crippen LogP contribution in [0.3, 0.4) is 0 Å². The number of anilines is 1. The number of amides is 2. The molecule has 8 heteroatoms. The summed E-state index contributed by atoms with van der Waals surface area (Å²) in [7, 11) is 0. The van der Waals surface area contributed by atoms with Crippen LogP contribution in [0.1, 0.15) is 12.0 Å². The number of halogens is 1. The molecule has 0 saturated carbocycles. The molecule has 1 saturated heterocycles. The molecule has 1 N–H and O–H groups in total. The molecule has 32 heavy (non-hydrogen) atoms. The van der Waals surface area contributed by atoms with Crippen molar-refractivity contribution in [2.45, 2.75) is 12.8 Å². The lowest BCUT2D eigenvalue weighted by Gasteiger charge is -2.34. The average molecular weight is 452 g/mol. The number of hydrogen-bond acceptors (Lipinski definition) is 4. The number of aryl methyl sites for hydroxylation is 1. The molecule has 0 aliphatic carbocycles. The summed E-state index contributed by atoms with van der Waals surface area (Å²) in [6.45, 7) is 2.89. The first-order valence-corrected chi connectivity index (χ1v) is 11.1. The molecule has 7 nitrogen and oxygen atoms in total. The average Bonchev–Trinajstić information content (AvgIpc) is 3.29. The third-order valence-electron chi connectivity index (χ3n) is 5.52. The number of carbonyl (C=O) groups is 2. The van der Waals surface area contributed by atoms with Crippen LogP contribution in [-0.2, 0) is 16.0 Å². The zero-order valence-corrected chi connectivity index (χ0v) is 18.5. The maximum absolute atomic E-state index is 12.6. The van der Waals surface area contributed by atoms with Gasteiger partial charge < -0.3 is 10.2 Å². The van der Waals surface area contributed by atoms with Crippen molar-refractivity contribution in [1.29, 1.82) is 0 Å². The molecular weight excluding hydrogens is 426 g/mol. The lowest BCUT2D eigenvalue weighted by atomic mass is 10.1. The lowest BCUT2D eigenvalue weighted by Crippen LogP contribution is -2.50. The highest BCUT2D eigenvalue weighted by Gasteiger charge is 2.22. The Labute approximate surface area is 192 Å². The van der Waals surface area contributed by atoms with Crippen LogP contribution < -0.4 is 5.32 Å². The predicted octanol–water partition coefficient (Wildman–Crippen LogP) is 3.24. The van der Waals surface area contributed by atoms with E-state index in [1.165, 1.54) is 0 Å². The van der Waals surface area contributed by atoms with Crippen molar-refractivity contribution in [3.8, 4) is 5.69 Å². The first kappa shape index (κ1) is 22.0. The number of hydrogen-bond donors (Lipinski definition) is 1. The van der Waals surface area contributed by atoms with Crippen molar-refractivity contribution in [2.75, 3.05) is 38.0 Å². The van der Waals surface area contributed by atoms with Crippen LogP contribution in [0.15, 0.2) is 67.0 Å². The van der Waals surface area contributed by atoms with Crippen LogP contribution in [0.2, 0.25) is 5.02 Å². The molecule has 2 heterocycles. The van der Waals surface area contributed by atoms with E-state index in [2.05, 4.69) is 15.3 Å². The van der Waals surface area contributed by atoms with Crippen LogP contribution in [-0.4, -0.2) is 64.1 Å². The second kappa shape index (κ2) is 10.4. The first-order chi connectivity index (χ1) is 15.6. The summed E-state index contributed by atoms with van der Waals surface area (Å²) in [6, 6.07) is 17.1. The summed E-state index contributed by atoms with van der Waals surface area (Å²) in [6.07, 6.45) is 4.90. The van der Waals surface area contributed by atoms with Gasteiger partial charge in [-0.05, 0) is 36.2 Å². The lowest BCUT2D eigenvalue weighted by molar-refractivity contribution is -0.133. The van der Waals surface area contributed by atoms with E-state index in [0.717, 1.165) is 11.3 Å². The number of nitrogens with one attached hydrogen (secondary N) is 1. The van der Waals surface area contributed by atoms with Gasteiger partial charge in [-0.3, -0.25) is 14.5 Å². The van der Waals surface area contributed by atoms with Crippen LogP contribution in [0.5, 0.6) is 0 Å². The predicted molar refractivity (Wildman–Crippen MR) is 125 cm³/mol. The molecule has 1 fully saturated rings. The third kappa shape index (κ3) is 5.75. The van der Waals surface area contributed by atoms with E-state index in [4.69, 9.17) is 11.6 Å². The van der Waals surface area contributed by atoms with Gasteiger partial charge in [0.05, 0.1) is 29.1 Å². The molecule has 4 rings (SSSR count). The summed E-state index contributed by atoms with van der Waals surface area (Å²) in [5, 5.41) is 7.75. The van der Waals surface area contributed by atoms with E-state index in [1.54, 1.807) is 12.1 Å². The van der Waals surface area contributed by atoms with Crippen molar-refractivity contribution in [3.63, 3.8) is 0 Å². The highest BCUT2D eigenvalue weighted by Crippen LogP contribution is 2.20. The fourth-order valence-corrected chi connectivity index (χ4v) is 3.91. The Morgan fingerprint density at radius 1 is 0.969 bits per heavy atom. The Bertz CT molecular complexity index is 1060. The molecule has 0 bridgehead atoms. The zero-order valence-electron chi connectivity index (χ0n) is 17.8. The Kier molecular flexibility index (Phi) is 7.19. The van der Waals surface area contributed by atoms with E-state index in [1.807, 2.05) is 64.4 Å². The second-order valence-corrected chi connectivity index (χ2v) is 8.22. The van der Waals surface area contributed by atoms with Crippen molar-refractivity contribution in [2.24, 2.45) is 0 Å². The smallest absolute Gasteiger partial charge is 0.238 e. The van der Waals surface area contributed by atoms with Gasteiger partial charge in [-0.2, -0.15) is 5.10 Å². The maximum Gasteiger partial charge on any atom is 0.238 e. The minimum atomic E-state index is -0.103. The van der Waals surface area contributed by atoms with Gasteiger partial charge in [0, 0.05) is 38.8 Å². The van der Waals surface area contributed by atoms with Crippen molar-refractivity contribution >= 4 is 29.1 Å². The minimum Gasteiger partial charge on any atom is -0.340 e. The van der Waals surface area contributed by atoms with Gasteiger partial charge in [0.15, 0.2) is 0 Å². The van der Waals surface area contributed by atoms with E-state index in [-0.39, 0.29) is 18.4 Å². The van der Waals surface area contributed by atoms with Gasteiger partial charge in [-0.15, -0.1) is 0 Å². The van der Waals surface area contributed by atoms with Gasteiger partial charge in [-0.25, -0.2) is 4.68 Å². The van der Waals surface area contributed by atoms with Crippen LogP contribution in [0.4, 0.5) is 5.69 Å². The third-order valence-corrected chi connectivity index (χ3v) is 5.85. The quantitative estimate of drug-likeness (QED) is 0.598. The summed E-state index contributed by atoms with van der Waals surface area (Å²) < 4.78 is 1.83. The highest BCUT2D eigenvalue weighted by atomic mass is 35.5. The zero-order chi connectivity index (χ0) is 22.3. The molecule has 1 aliphatic heterocycles. The van der Waals surface area contributed by atoms with Crippen molar-refractivity contribution in [3.05, 3.63) is 77.6 Å². The van der Waals surface area contributed by atoms with Gasteiger partial charge in [0.25, 0.3) is 0 Å². The highest BCUT2D eigenvalue weighted by molar-refractivity contribution is 6.33. The Hall–Kier alpha value is -3.16. The monoisotopic (exact) mass is 451 g/mol. The number of nitrogens with zero attached hydrogens (tertiary/aromatic N) is 4. The van der Waals surface area contributed by atoms with E-state index in [9.17, 15) is 9.59 Å². The van der Waals surface area contributed by atoms with Crippen LogP contribution >= 0.6 is 11.6 Å². The van der Waals surface area contributed by atoms with Crippen molar-refractivity contribution < 1.29 is 9.59 Å². The minimum absolute atomic E-state index is 0.103. The molecule has 2 aromatic carbocycles. The fraction of sp³-hybridized carbons (Fsp3) is 0.292. The van der Waals surface area contributed by atoms with Gasteiger partial charge in [-0.1, -0.05) is 41.9 Å². The largest absolute Gasteiger partial charge is 0.340 e. The SMILES string of the molecule is O=C(CN1CCN(C(=O)CCc2cnn(-c3ccccc3)c2)CC1)Nc1ccccc1Cl.